The van der Waals surface area contributed by atoms with Gasteiger partial charge in [0, 0.05) is 44.8 Å². The predicted octanol–water partition coefficient (Wildman–Crippen LogP) is 3.69. The Balaban J connectivity index is 1.39. The Morgan fingerprint density at radius 3 is 2.55 bits per heavy atom. The van der Waals surface area contributed by atoms with Gasteiger partial charge in [0.25, 0.3) is 5.91 Å². The van der Waals surface area contributed by atoms with Crippen molar-refractivity contribution < 1.29 is 18.7 Å². The number of alkyl halides is 1. The van der Waals surface area contributed by atoms with Crippen LogP contribution >= 0.6 is 0 Å². The molecule has 2 aromatic rings. The first-order valence-electron chi connectivity index (χ1n) is 11.4. The van der Waals surface area contributed by atoms with E-state index in [1.54, 1.807) is 11.1 Å². The van der Waals surface area contributed by atoms with Gasteiger partial charge in [0.2, 0.25) is 0 Å². The average Bonchev–Trinajstić information content (AvgIpc) is 3.15. The minimum atomic E-state index is -0.455. The second-order valence-corrected chi connectivity index (χ2v) is 9.26. The van der Waals surface area contributed by atoms with Crippen LogP contribution in [0.4, 0.5) is 9.18 Å². The number of benzene rings is 1. The van der Waals surface area contributed by atoms with E-state index in [4.69, 9.17) is 4.74 Å². The molecule has 2 amide bonds. The summed E-state index contributed by atoms with van der Waals surface area (Å²) in [5, 5.41) is 2.96. The number of aromatic nitrogens is 1. The van der Waals surface area contributed by atoms with Crippen molar-refractivity contribution in [3.8, 4) is 0 Å². The summed E-state index contributed by atoms with van der Waals surface area (Å²) < 4.78 is 17.5. The summed E-state index contributed by atoms with van der Waals surface area (Å²) in [4.78, 5) is 32.8. The van der Waals surface area contributed by atoms with Gasteiger partial charge in [-0.15, -0.1) is 0 Å². The summed E-state index contributed by atoms with van der Waals surface area (Å²) in [7, 11) is 1.37. The van der Waals surface area contributed by atoms with Gasteiger partial charge < -0.3 is 15.0 Å². The molecule has 8 heteroatoms. The Labute approximate surface area is 193 Å². The molecule has 0 aliphatic carbocycles. The van der Waals surface area contributed by atoms with E-state index in [-0.39, 0.29) is 24.0 Å². The highest BCUT2D eigenvalue weighted by Gasteiger charge is 2.35. The van der Waals surface area contributed by atoms with Gasteiger partial charge in [-0.2, -0.15) is 0 Å². The van der Waals surface area contributed by atoms with Crippen LogP contribution in [-0.4, -0.2) is 53.5 Å². The number of methoxy groups -OCH3 is 1. The lowest BCUT2D eigenvalue weighted by Gasteiger charge is -2.37. The van der Waals surface area contributed by atoms with Crippen molar-refractivity contribution in [3.05, 3.63) is 64.5 Å². The van der Waals surface area contributed by atoms with Gasteiger partial charge in [-0.3, -0.25) is 14.7 Å². The zero-order chi connectivity index (χ0) is 23.5. The highest BCUT2D eigenvalue weighted by Crippen LogP contribution is 2.38. The van der Waals surface area contributed by atoms with Crippen molar-refractivity contribution in [2.45, 2.75) is 39.7 Å². The summed E-state index contributed by atoms with van der Waals surface area (Å²) in [6.07, 6.45) is 1.33. The first-order valence-corrected chi connectivity index (χ1v) is 11.4. The SMILES string of the molecule is COC(=O)N1CC(CNC(=O)c2cnc3c(c2)CN(Cc2ccc(CF)cc2)[C@H]3C(C)C)C1. The van der Waals surface area contributed by atoms with Crippen LogP contribution in [0.25, 0.3) is 0 Å². The third kappa shape index (κ3) is 5.00. The Morgan fingerprint density at radius 1 is 1.21 bits per heavy atom. The van der Waals surface area contributed by atoms with Crippen LogP contribution in [0.1, 0.15) is 52.6 Å². The molecular formula is C25H31FN4O3. The Kier molecular flexibility index (Phi) is 6.93. The maximum atomic E-state index is 12.8. The van der Waals surface area contributed by atoms with Crippen LogP contribution in [0.15, 0.2) is 36.5 Å². The molecule has 2 aliphatic heterocycles. The predicted molar refractivity (Wildman–Crippen MR) is 122 cm³/mol. The number of ether oxygens (including phenoxy) is 1. The fourth-order valence-electron chi connectivity index (χ4n) is 4.70. The minimum Gasteiger partial charge on any atom is -0.453 e. The first-order chi connectivity index (χ1) is 15.9. The summed E-state index contributed by atoms with van der Waals surface area (Å²) in [5.41, 5.74) is 4.46. The van der Waals surface area contributed by atoms with E-state index < -0.39 is 6.67 Å². The average molecular weight is 455 g/mol. The number of halogens is 1. The lowest BCUT2D eigenvalue weighted by atomic mass is 9.99. The Morgan fingerprint density at radius 2 is 1.91 bits per heavy atom. The number of hydrogen-bond acceptors (Lipinski definition) is 5. The summed E-state index contributed by atoms with van der Waals surface area (Å²) in [6.45, 7) is 7.05. The van der Waals surface area contributed by atoms with Crippen molar-refractivity contribution in [2.24, 2.45) is 11.8 Å². The van der Waals surface area contributed by atoms with Gasteiger partial charge >= 0.3 is 6.09 Å². The number of hydrogen-bond donors (Lipinski definition) is 1. The molecule has 1 fully saturated rings. The van der Waals surface area contributed by atoms with Crippen molar-refractivity contribution in [2.75, 3.05) is 26.7 Å². The Hall–Kier alpha value is -3.00. The molecule has 33 heavy (non-hydrogen) atoms. The van der Waals surface area contributed by atoms with Crippen LogP contribution in [-0.2, 0) is 24.5 Å². The van der Waals surface area contributed by atoms with Gasteiger partial charge in [0.15, 0.2) is 0 Å². The second kappa shape index (κ2) is 9.87. The van der Waals surface area contributed by atoms with Gasteiger partial charge in [0.1, 0.15) is 6.67 Å². The quantitative estimate of drug-likeness (QED) is 0.691. The fourth-order valence-corrected chi connectivity index (χ4v) is 4.70. The molecule has 1 N–H and O–H groups in total. The van der Waals surface area contributed by atoms with Crippen LogP contribution in [0.3, 0.4) is 0 Å². The maximum Gasteiger partial charge on any atom is 0.409 e. The van der Waals surface area contributed by atoms with E-state index in [1.807, 2.05) is 30.3 Å². The zero-order valence-electron chi connectivity index (χ0n) is 19.4. The number of carbonyl (C=O) groups excluding carboxylic acids is 2. The molecule has 1 aromatic heterocycles. The number of carbonyl (C=O) groups is 2. The van der Waals surface area contributed by atoms with Crippen molar-refractivity contribution >= 4 is 12.0 Å². The second-order valence-electron chi connectivity index (χ2n) is 9.26. The largest absolute Gasteiger partial charge is 0.453 e. The molecule has 0 bridgehead atoms. The molecule has 0 spiro atoms. The molecule has 176 valence electrons. The molecular weight excluding hydrogens is 423 g/mol. The van der Waals surface area contributed by atoms with Crippen molar-refractivity contribution in [3.63, 3.8) is 0 Å². The maximum absolute atomic E-state index is 12.8. The highest BCUT2D eigenvalue weighted by molar-refractivity contribution is 5.94. The normalized spacial score (nSPS) is 18.2. The van der Waals surface area contributed by atoms with E-state index in [0.717, 1.165) is 23.4 Å². The topological polar surface area (TPSA) is 74.8 Å². The number of nitrogens with one attached hydrogen (secondary N) is 1. The van der Waals surface area contributed by atoms with E-state index in [2.05, 4.69) is 29.0 Å². The number of rotatable bonds is 7. The van der Waals surface area contributed by atoms with Gasteiger partial charge in [-0.1, -0.05) is 38.1 Å². The summed E-state index contributed by atoms with van der Waals surface area (Å²) in [6, 6.07) is 9.72. The van der Waals surface area contributed by atoms with Crippen LogP contribution in [0.5, 0.6) is 0 Å². The van der Waals surface area contributed by atoms with E-state index in [1.165, 1.54) is 7.11 Å². The van der Waals surface area contributed by atoms with Gasteiger partial charge in [-0.25, -0.2) is 9.18 Å². The summed E-state index contributed by atoms with van der Waals surface area (Å²) >= 11 is 0. The molecule has 3 heterocycles. The molecule has 0 radical (unpaired) electrons. The number of amides is 2. The molecule has 2 aliphatic rings. The van der Waals surface area contributed by atoms with Crippen LogP contribution in [0.2, 0.25) is 0 Å². The van der Waals surface area contributed by atoms with Crippen molar-refractivity contribution in [1.82, 2.24) is 20.1 Å². The minimum absolute atomic E-state index is 0.150. The van der Waals surface area contributed by atoms with Crippen LogP contribution < -0.4 is 5.32 Å². The number of likely N-dealkylation sites (tertiary alicyclic amines) is 1. The Bertz CT molecular complexity index is 1010. The molecule has 7 nitrogen and oxygen atoms in total. The fraction of sp³-hybridized carbons (Fsp3) is 0.480. The monoisotopic (exact) mass is 454 g/mol. The smallest absolute Gasteiger partial charge is 0.409 e. The summed E-state index contributed by atoms with van der Waals surface area (Å²) in [5.74, 6) is 0.447. The van der Waals surface area contributed by atoms with Gasteiger partial charge in [-0.05, 0) is 28.7 Å². The lowest BCUT2D eigenvalue weighted by molar-refractivity contribution is 0.0656. The molecule has 4 rings (SSSR count). The van der Waals surface area contributed by atoms with Crippen molar-refractivity contribution in [1.29, 1.82) is 0 Å². The lowest BCUT2D eigenvalue weighted by Crippen LogP contribution is -2.53. The number of nitrogens with zero attached hydrogens (tertiary/aromatic N) is 3. The van der Waals surface area contributed by atoms with Crippen LogP contribution in [0, 0.1) is 11.8 Å². The number of pyridine rings is 1. The van der Waals surface area contributed by atoms with Gasteiger partial charge in [0.05, 0.1) is 24.4 Å². The van der Waals surface area contributed by atoms with E-state index >= 15 is 0 Å². The molecule has 1 saturated heterocycles. The van der Waals surface area contributed by atoms with E-state index in [9.17, 15) is 14.0 Å². The number of fused-ring (bicyclic) bond motifs is 1. The zero-order valence-corrected chi connectivity index (χ0v) is 19.4. The molecule has 0 saturated carbocycles. The highest BCUT2D eigenvalue weighted by atomic mass is 19.1. The first kappa shape index (κ1) is 23.2. The molecule has 0 unspecified atom stereocenters. The molecule has 1 aromatic carbocycles. The third-order valence-electron chi connectivity index (χ3n) is 6.45. The third-order valence-corrected chi connectivity index (χ3v) is 6.45. The standard InChI is InChI=1S/C25H31FN4O3/c1-16(2)23-22-21(15-29(23)12-18-6-4-17(9-26)5-7-18)8-20(11-27-22)24(31)28-10-19-13-30(14-19)25(32)33-3/h4-8,11,16,19,23H,9-10,12-15H2,1-3H3,(H,28,31)/t23-/m0/s1. The molecule has 1 atom stereocenters. The van der Waals surface area contributed by atoms with E-state index in [0.29, 0.717) is 43.2 Å².